The van der Waals surface area contributed by atoms with Crippen molar-refractivity contribution in [3.63, 3.8) is 0 Å². The number of amides is 1. The first-order valence-corrected chi connectivity index (χ1v) is 6.37. The minimum Gasteiger partial charge on any atom is -0.321 e. The Labute approximate surface area is 120 Å². The van der Waals surface area contributed by atoms with E-state index in [4.69, 9.17) is 11.6 Å². The number of halogens is 1. The maximum absolute atomic E-state index is 12.2. The van der Waals surface area contributed by atoms with E-state index in [1.54, 1.807) is 24.7 Å². The summed E-state index contributed by atoms with van der Waals surface area (Å²) in [6.45, 7) is 0. The SMILES string of the molecule is O=C(Nc1cccc2ccncc12)c1cnccc1Cl. The van der Waals surface area contributed by atoms with Gasteiger partial charge in [0.15, 0.2) is 0 Å². The van der Waals surface area contributed by atoms with Gasteiger partial charge in [0.25, 0.3) is 5.91 Å². The van der Waals surface area contributed by atoms with E-state index >= 15 is 0 Å². The molecule has 0 atom stereocenters. The van der Waals surface area contributed by atoms with Gasteiger partial charge in [-0.3, -0.25) is 14.8 Å². The number of hydrogen-bond donors (Lipinski definition) is 1. The third-order valence-corrected chi connectivity index (χ3v) is 3.27. The number of anilines is 1. The Balaban J connectivity index is 1.98. The minimum atomic E-state index is -0.292. The molecule has 0 bridgehead atoms. The maximum Gasteiger partial charge on any atom is 0.258 e. The molecule has 0 aliphatic carbocycles. The van der Waals surface area contributed by atoms with Crippen LogP contribution >= 0.6 is 11.6 Å². The van der Waals surface area contributed by atoms with Gasteiger partial charge in [-0.15, -0.1) is 0 Å². The lowest BCUT2D eigenvalue weighted by Crippen LogP contribution is -2.13. The normalized spacial score (nSPS) is 10.4. The molecule has 2 heterocycles. The van der Waals surface area contributed by atoms with Gasteiger partial charge in [-0.25, -0.2) is 0 Å². The third kappa shape index (κ3) is 2.33. The lowest BCUT2D eigenvalue weighted by Gasteiger charge is -2.09. The first kappa shape index (κ1) is 12.6. The summed E-state index contributed by atoms with van der Waals surface area (Å²) in [6.07, 6.45) is 6.42. The van der Waals surface area contributed by atoms with Gasteiger partial charge < -0.3 is 5.32 Å². The molecule has 0 radical (unpaired) electrons. The predicted octanol–water partition coefficient (Wildman–Crippen LogP) is 3.54. The van der Waals surface area contributed by atoms with E-state index in [1.165, 1.54) is 6.20 Å². The number of hydrogen-bond acceptors (Lipinski definition) is 3. The number of benzene rings is 1. The van der Waals surface area contributed by atoms with Crippen LogP contribution in [0.15, 0.2) is 55.1 Å². The molecular formula is C15H10ClN3O. The van der Waals surface area contributed by atoms with Gasteiger partial charge in [-0.05, 0) is 23.6 Å². The molecule has 0 unspecified atom stereocenters. The molecule has 3 rings (SSSR count). The standard InChI is InChI=1S/C15H10ClN3O/c16-13-5-7-18-9-12(13)15(20)19-14-3-1-2-10-4-6-17-8-11(10)14/h1-9H,(H,19,20). The molecule has 1 aromatic carbocycles. The first-order chi connectivity index (χ1) is 9.75. The van der Waals surface area contributed by atoms with Crippen LogP contribution in [0.5, 0.6) is 0 Å². The maximum atomic E-state index is 12.2. The van der Waals surface area contributed by atoms with Crippen molar-refractivity contribution < 1.29 is 4.79 Å². The Morgan fingerprint density at radius 1 is 1.05 bits per heavy atom. The summed E-state index contributed by atoms with van der Waals surface area (Å²) in [5.41, 5.74) is 1.04. The monoisotopic (exact) mass is 283 g/mol. The van der Waals surface area contributed by atoms with Gasteiger partial charge in [-0.2, -0.15) is 0 Å². The van der Waals surface area contributed by atoms with Gasteiger partial charge in [0.1, 0.15) is 0 Å². The van der Waals surface area contributed by atoms with Crippen LogP contribution in [0.4, 0.5) is 5.69 Å². The number of nitrogens with one attached hydrogen (secondary N) is 1. The highest BCUT2D eigenvalue weighted by Gasteiger charge is 2.11. The number of fused-ring (bicyclic) bond motifs is 1. The van der Waals surface area contributed by atoms with Gasteiger partial charge in [0.2, 0.25) is 0 Å². The zero-order chi connectivity index (χ0) is 13.9. The fourth-order valence-corrected chi connectivity index (χ4v) is 2.15. The number of carbonyl (C=O) groups is 1. The van der Waals surface area contributed by atoms with Gasteiger partial charge >= 0.3 is 0 Å². The van der Waals surface area contributed by atoms with Crippen LogP contribution in [-0.2, 0) is 0 Å². The molecule has 20 heavy (non-hydrogen) atoms. The molecule has 0 saturated carbocycles. The second-order valence-electron chi connectivity index (χ2n) is 4.21. The van der Waals surface area contributed by atoms with Crippen molar-refractivity contribution in [3.8, 4) is 0 Å². The average molecular weight is 284 g/mol. The van der Waals surface area contributed by atoms with Crippen molar-refractivity contribution in [1.29, 1.82) is 0 Å². The van der Waals surface area contributed by atoms with E-state index < -0.39 is 0 Å². The summed E-state index contributed by atoms with van der Waals surface area (Å²) < 4.78 is 0. The average Bonchev–Trinajstić information content (AvgIpc) is 2.48. The lowest BCUT2D eigenvalue weighted by molar-refractivity contribution is 0.102. The molecule has 3 aromatic rings. The van der Waals surface area contributed by atoms with Crippen LogP contribution in [-0.4, -0.2) is 15.9 Å². The Morgan fingerprint density at radius 3 is 2.70 bits per heavy atom. The summed E-state index contributed by atoms with van der Waals surface area (Å²) in [5, 5.41) is 5.10. The van der Waals surface area contributed by atoms with Crippen molar-refractivity contribution in [2.75, 3.05) is 5.32 Å². The summed E-state index contributed by atoms with van der Waals surface area (Å²) in [4.78, 5) is 20.2. The summed E-state index contributed by atoms with van der Waals surface area (Å²) in [7, 11) is 0. The molecule has 2 aromatic heterocycles. The largest absolute Gasteiger partial charge is 0.321 e. The predicted molar refractivity (Wildman–Crippen MR) is 78.9 cm³/mol. The zero-order valence-electron chi connectivity index (χ0n) is 10.4. The Morgan fingerprint density at radius 2 is 1.85 bits per heavy atom. The molecular weight excluding hydrogens is 274 g/mol. The van der Waals surface area contributed by atoms with Gasteiger partial charge in [-0.1, -0.05) is 23.7 Å². The van der Waals surface area contributed by atoms with E-state index in [9.17, 15) is 4.79 Å². The van der Waals surface area contributed by atoms with Crippen LogP contribution in [0.2, 0.25) is 5.02 Å². The Hall–Kier alpha value is -2.46. The first-order valence-electron chi connectivity index (χ1n) is 5.99. The van der Waals surface area contributed by atoms with Crippen molar-refractivity contribution in [1.82, 2.24) is 9.97 Å². The van der Waals surface area contributed by atoms with Crippen LogP contribution in [0.3, 0.4) is 0 Å². The zero-order valence-corrected chi connectivity index (χ0v) is 11.1. The molecule has 1 N–H and O–H groups in total. The van der Waals surface area contributed by atoms with Crippen molar-refractivity contribution >= 4 is 34.0 Å². The van der Waals surface area contributed by atoms with Crippen LogP contribution in [0, 0.1) is 0 Å². The molecule has 1 amide bonds. The highest BCUT2D eigenvalue weighted by molar-refractivity contribution is 6.34. The minimum absolute atomic E-state index is 0.292. The highest BCUT2D eigenvalue weighted by Crippen LogP contribution is 2.23. The summed E-state index contributed by atoms with van der Waals surface area (Å²) in [5.74, 6) is -0.292. The quantitative estimate of drug-likeness (QED) is 0.783. The molecule has 0 spiro atoms. The second kappa shape index (κ2) is 5.27. The molecule has 5 heteroatoms. The second-order valence-corrected chi connectivity index (χ2v) is 4.62. The molecule has 0 saturated heterocycles. The van der Waals surface area contributed by atoms with Crippen molar-refractivity contribution in [2.45, 2.75) is 0 Å². The summed E-state index contributed by atoms with van der Waals surface area (Å²) >= 11 is 5.99. The lowest BCUT2D eigenvalue weighted by atomic mass is 10.1. The molecule has 0 aliphatic heterocycles. The number of carbonyl (C=O) groups excluding carboxylic acids is 1. The summed E-state index contributed by atoms with van der Waals surface area (Å²) in [6, 6.07) is 9.14. The molecule has 0 fully saturated rings. The number of pyridine rings is 2. The number of rotatable bonds is 2. The van der Waals surface area contributed by atoms with E-state index in [2.05, 4.69) is 15.3 Å². The molecule has 98 valence electrons. The van der Waals surface area contributed by atoms with Gasteiger partial charge in [0.05, 0.1) is 16.3 Å². The van der Waals surface area contributed by atoms with E-state index in [0.29, 0.717) is 16.3 Å². The van der Waals surface area contributed by atoms with E-state index in [0.717, 1.165) is 10.8 Å². The number of nitrogens with zero attached hydrogens (tertiary/aromatic N) is 2. The highest BCUT2D eigenvalue weighted by atomic mass is 35.5. The third-order valence-electron chi connectivity index (χ3n) is 2.94. The topological polar surface area (TPSA) is 54.9 Å². The Bertz CT molecular complexity index is 783. The van der Waals surface area contributed by atoms with Crippen LogP contribution in [0.1, 0.15) is 10.4 Å². The fourth-order valence-electron chi connectivity index (χ4n) is 1.96. The smallest absolute Gasteiger partial charge is 0.258 e. The molecule has 4 nitrogen and oxygen atoms in total. The van der Waals surface area contributed by atoms with E-state index in [-0.39, 0.29) is 5.91 Å². The van der Waals surface area contributed by atoms with Crippen LogP contribution in [0.25, 0.3) is 10.8 Å². The molecule has 0 aliphatic rings. The van der Waals surface area contributed by atoms with Crippen molar-refractivity contribution in [2.24, 2.45) is 0 Å². The number of aromatic nitrogens is 2. The Kier molecular flexibility index (Phi) is 3.31. The van der Waals surface area contributed by atoms with Crippen LogP contribution < -0.4 is 5.32 Å². The fraction of sp³-hybridized carbons (Fsp3) is 0. The van der Waals surface area contributed by atoms with E-state index in [1.807, 2.05) is 24.3 Å². The van der Waals surface area contributed by atoms with Gasteiger partial charge in [0, 0.05) is 30.2 Å². The van der Waals surface area contributed by atoms with Crippen molar-refractivity contribution in [3.05, 3.63) is 65.7 Å².